The van der Waals surface area contributed by atoms with Crippen LogP contribution in [0.5, 0.6) is 0 Å². The summed E-state index contributed by atoms with van der Waals surface area (Å²) < 4.78 is 4.37. The zero-order valence-electron chi connectivity index (χ0n) is 3.68. The van der Waals surface area contributed by atoms with Crippen molar-refractivity contribution in [1.82, 2.24) is 9.36 Å². The molecular formula is C4H6N2. The first kappa shape index (κ1) is 2.50. The number of hydrogen-bond donors (Lipinski definition) is 0. The minimum absolute atomic E-state index is 1.14. The summed E-state index contributed by atoms with van der Waals surface area (Å²) in [5, 5.41) is 0. The van der Waals surface area contributed by atoms with E-state index in [0.717, 1.165) is 6.67 Å². The second-order valence-corrected chi connectivity index (χ2v) is 1.75. The summed E-state index contributed by atoms with van der Waals surface area (Å²) in [7, 11) is 0. The summed E-state index contributed by atoms with van der Waals surface area (Å²) in [6.07, 6.45) is 2.14. The lowest BCUT2D eigenvalue weighted by molar-refractivity contribution is 0.900. The lowest BCUT2D eigenvalue weighted by Gasteiger charge is -1.89. The highest BCUT2D eigenvalue weighted by molar-refractivity contribution is 5.03. The van der Waals surface area contributed by atoms with Crippen molar-refractivity contribution in [1.29, 1.82) is 0 Å². The molecule has 0 spiro atoms. The second kappa shape index (κ2) is 0.453. The molecular weight excluding hydrogens is 76.1 g/mol. The first-order valence-electron chi connectivity index (χ1n) is 2.10. The molecule has 0 atom stereocenters. The highest BCUT2D eigenvalue weighted by Crippen LogP contribution is 2.14. The van der Waals surface area contributed by atoms with Crippen molar-refractivity contribution in [3.05, 3.63) is 11.9 Å². The molecule has 0 fully saturated rings. The zero-order valence-corrected chi connectivity index (χ0v) is 3.68. The fourth-order valence-corrected chi connectivity index (χ4v) is 0.760. The van der Waals surface area contributed by atoms with Gasteiger partial charge in [-0.2, -0.15) is 0 Å². The van der Waals surface area contributed by atoms with Crippen molar-refractivity contribution in [3.8, 4) is 0 Å². The van der Waals surface area contributed by atoms with Gasteiger partial charge in [-0.25, -0.2) is 0 Å². The maximum absolute atomic E-state index is 2.21. The molecule has 32 valence electrons. The van der Waals surface area contributed by atoms with E-state index in [2.05, 4.69) is 22.5 Å². The molecule has 1 aromatic rings. The largest absolute Gasteiger partial charge is 0.268 e. The van der Waals surface area contributed by atoms with Gasteiger partial charge in [-0.1, -0.05) is 0 Å². The first-order chi connectivity index (χ1) is 2.88. The van der Waals surface area contributed by atoms with Gasteiger partial charge in [0.25, 0.3) is 0 Å². The van der Waals surface area contributed by atoms with Crippen LogP contribution in [0, 0.1) is 6.92 Å². The Morgan fingerprint density at radius 2 is 2.67 bits per heavy atom. The molecule has 0 amide bonds. The number of aryl methyl sites for hydroxylation is 1. The average Bonchev–Trinajstić information content (AvgIpc) is 2.12. The Hall–Kier alpha value is -0.660. The van der Waals surface area contributed by atoms with Gasteiger partial charge >= 0.3 is 0 Å². The Labute approximate surface area is 36.0 Å². The second-order valence-electron chi connectivity index (χ2n) is 1.75. The number of fused-ring (bicyclic) bond motifs is 1. The van der Waals surface area contributed by atoms with Gasteiger partial charge in [-0.15, -0.1) is 0 Å². The topological polar surface area (TPSA) is 9.86 Å². The van der Waals surface area contributed by atoms with Crippen LogP contribution in [0.1, 0.15) is 5.69 Å². The minimum atomic E-state index is 1.14. The van der Waals surface area contributed by atoms with Gasteiger partial charge in [0.05, 0.1) is 5.69 Å². The Bertz CT molecular complexity index is 170. The molecule has 2 heterocycles. The van der Waals surface area contributed by atoms with Gasteiger partial charge in [-0.05, 0) is 6.92 Å². The molecule has 1 aliphatic rings. The monoisotopic (exact) mass is 82.1 g/mol. The lowest BCUT2D eigenvalue weighted by atomic mass is 10.5. The highest BCUT2D eigenvalue weighted by Gasteiger charge is 2.17. The molecule has 0 unspecified atom stereocenters. The van der Waals surface area contributed by atoms with Crippen LogP contribution < -0.4 is 0 Å². The van der Waals surface area contributed by atoms with Gasteiger partial charge in [-0.3, -0.25) is 9.36 Å². The van der Waals surface area contributed by atoms with E-state index in [9.17, 15) is 0 Å². The zero-order chi connectivity index (χ0) is 4.15. The predicted molar refractivity (Wildman–Crippen MR) is 22.6 cm³/mol. The van der Waals surface area contributed by atoms with E-state index in [-0.39, 0.29) is 0 Å². The normalized spacial score (nSPS) is 14.8. The van der Waals surface area contributed by atoms with Gasteiger partial charge in [0.1, 0.15) is 6.67 Å². The maximum atomic E-state index is 2.21. The van der Waals surface area contributed by atoms with E-state index in [0.29, 0.717) is 0 Å². The molecule has 0 aromatic carbocycles. The van der Waals surface area contributed by atoms with Crippen LogP contribution in [0.15, 0.2) is 6.20 Å². The summed E-state index contributed by atoms with van der Waals surface area (Å²) >= 11 is 0. The van der Waals surface area contributed by atoms with Crippen LogP contribution in [-0.2, 0) is 6.67 Å². The predicted octanol–water partition coefficient (Wildman–Crippen LogP) is 0.417. The molecule has 6 heavy (non-hydrogen) atoms. The Balaban J connectivity index is 2.68. The van der Waals surface area contributed by atoms with E-state index in [1.54, 1.807) is 0 Å². The smallest absolute Gasteiger partial charge is 0.129 e. The number of nitrogens with zero attached hydrogens (tertiary/aromatic N) is 2. The highest BCUT2D eigenvalue weighted by atomic mass is 15.6. The van der Waals surface area contributed by atoms with Crippen LogP contribution in [0.4, 0.5) is 0 Å². The SMILES string of the molecule is Cc1cn2n1C2. The van der Waals surface area contributed by atoms with Gasteiger partial charge in [0.2, 0.25) is 0 Å². The van der Waals surface area contributed by atoms with Crippen molar-refractivity contribution in [3.63, 3.8) is 0 Å². The van der Waals surface area contributed by atoms with Gasteiger partial charge in [0, 0.05) is 6.20 Å². The molecule has 0 N–H and O–H groups in total. The lowest BCUT2D eigenvalue weighted by Crippen LogP contribution is -1.87. The Kier molecular flexibility index (Phi) is 0.189. The summed E-state index contributed by atoms with van der Waals surface area (Å²) in [5.41, 5.74) is 1.40. The van der Waals surface area contributed by atoms with E-state index >= 15 is 0 Å². The van der Waals surface area contributed by atoms with Crippen LogP contribution in [0.2, 0.25) is 0 Å². The average molecular weight is 82.1 g/mol. The molecule has 2 rings (SSSR count). The molecule has 1 aromatic heterocycles. The first-order valence-corrected chi connectivity index (χ1v) is 2.10. The van der Waals surface area contributed by atoms with Crippen molar-refractivity contribution in [2.24, 2.45) is 0 Å². The third-order valence-electron chi connectivity index (χ3n) is 1.25. The molecule has 0 saturated carbocycles. The van der Waals surface area contributed by atoms with Crippen molar-refractivity contribution >= 4 is 0 Å². The van der Waals surface area contributed by atoms with Crippen molar-refractivity contribution in [2.45, 2.75) is 13.6 Å². The molecule has 2 nitrogen and oxygen atoms in total. The number of hydrogen-bond acceptors (Lipinski definition) is 0. The van der Waals surface area contributed by atoms with E-state index < -0.39 is 0 Å². The van der Waals surface area contributed by atoms with Crippen molar-refractivity contribution in [2.75, 3.05) is 0 Å². The Morgan fingerprint density at radius 1 is 1.83 bits per heavy atom. The third-order valence-corrected chi connectivity index (χ3v) is 1.25. The summed E-state index contributed by atoms with van der Waals surface area (Å²) in [6.45, 7) is 3.26. The maximum Gasteiger partial charge on any atom is 0.129 e. The molecule has 1 aliphatic heterocycles. The molecule has 0 saturated heterocycles. The summed E-state index contributed by atoms with van der Waals surface area (Å²) in [5.74, 6) is 0. The van der Waals surface area contributed by atoms with Crippen LogP contribution in [0.3, 0.4) is 0 Å². The molecule has 0 radical (unpaired) electrons. The fraction of sp³-hybridized carbons (Fsp3) is 0.500. The standard InChI is InChI=1S/C4H6N2/c1-4-2-5-3-6(4)5/h2H,3H2,1H3. The number of aromatic nitrogens is 2. The van der Waals surface area contributed by atoms with Crippen LogP contribution >= 0.6 is 0 Å². The van der Waals surface area contributed by atoms with Crippen LogP contribution in [-0.4, -0.2) is 9.36 Å². The fourth-order valence-electron chi connectivity index (χ4n) is 0.760. The number of rotatable bonds is 0. The van der Waals surface area contributed by atoms with E-state index in [1.165, 1.54) is 5.69 Å². The molecule has 0 aliphatic carbocycles. The summed E-state index contributed by atoms with van der Waals surface area (Å²) in [4.78, 5) is 0. The molecule has 0 bridgehead atoms. The van der Waals surface area contributed by atoms with Crippen molar-refractivity contribution < 1.29 is 0 Å². The third kappa shape index (κ3) is 0.103. The van der Waals surface area contributed by atoms with E-state index in [1.807, 2.05) is 0 Å². The van der Waals surface area contributed by atoms with E-state index in [4.69, 9.17) is 0 Å². The van der Waals surface area contributed by atoms with Gasteiger partial charge in [0.15, 0.2) is 0 Å². The molecule has 2 heteroatoms. The summed E-state index contributed by atoms with van der Waals surface area (Å²) in [6, 6.07) is 0. The minimum Gasteiger partial charge on any atom is -0.268 e. The quantitative estimate of drug-likeness (QED) is 0.436. The van der Waals surface area contributed by atoms with Gasteiger partial charge < -0.3 is 0 Å². The van der Waals surface area contributed by atoms with Crippen LogP contribution in [0.25, 0.3) is 0 Å². The Morgan fingerprint density at radius 3 is 2.67 bits per heavy atom.